The number of ketones is 1. The van der Waals surface area contributed by atoms with Gasteiger partial charge in [-0.1, -0.05) is 56.2 Å². The van der Waals surface area contributed by atoms with Crippen LogP contribution in [-0.2, 0) is 16.0 Å². The van der Waals surface area contributed by atoms with Gasteiger partial charge >= 0.3 is 5.97 Å². The Kier molecular flexibility index (Phi) is 8.47. The summed E-state index contributed by atoms with van der Waals surface area (Å²) in [6, 6.07) is 0. The van der Waals surface area contributed by atoms with Gasteiger partial charge in [-0.25, -0.2) is 0 Å². The van der Waals surface area contributed by atoms with Crippen molar-refractivity contribution in [2.75, 3.05) is 7.11 Å². The summed E-state index contributed by atoms with van der Waals surface area (Å²) in [5, 5.41) is 0.318. The van der Waals surface area contributed by atoms with Gasteiger partial charge in [-0.2, -0.15) is 0 Å². The highest BCUT2D eigenvalue weighted by molar-refractivity contribution is 6.33. The number of carbonyl (C=O) groups excluding carboxylic acids is 3. The normalized spacial score (nSPS) is 24.0. The van der Waals surface area contributed by atoms with Crippen molar-refractivity contribution >= 4 is 29.6 Å². The molecule has 1 fully saturated rings. The monoisotopic (exact) mass is 460 g/mol. The Labute approximate surface area is 195 Å². The van der Waals surface area contributed by atoms with Crippen LogP contribution in [0.5, 0.6) is 11.5 Å². The smallest absolute Gasteiger partial charge is 0.308 e. The highest BCUT2D eigenvalue weighted by Gasteiger charge is 2.41. The number of carbonyl (C=O) groups is 3. The van der Waals surface area contributed by atoms with Crippen molar-refractivity contribution < 1.29 is 23.9 Å². The summed E-state index contributed by atoms with van der Waals surface area (Å²) in [6.45, 7) is 11.3. The highest BCUT2D eigenvalue weighted by Crippen LogP contribution is 2.45. The van der Waals surface area contributed by atoms with Crippen molar-refractivity contribution in [2.24, 2.45) is 17.3 Å². The highest BCUT2D eigenvalue weighted by atomic mass is 35.5. The molecule has 32 heavy (non-hydrogen) atoms. The number of halogens is 1. The number of allylic oxidation sites excluding steroid dienone is 4. The van der Waals surface area contributed by atoms with Crippen LogP contribution in [-0.4, -0.2) is 25.1 Å². The minimum Gasteiger partial charge on any atom is -0.495 e. The lowest BCUT2D eigenvalue weighted by molar-refractivity contribution is -0.132. The van der Waals surface area contributed by atoms with Crippen molar-refractivity contribution in [3.05, 3.63) is 45.5 Å². The van der Waals surface area contributed by atoms with Gasteiger partial charge in [0.1, 0.15) is 17.3 Å². The van der Waals surface area contributed by atoms with Crippen LogP contribution in [0.3, 0.4) is 0 Å². The number of methoxy groups -OCH3 is 1. The third kappa shape index (κ3) is 5.15. The van der Waals surface area contributed by atoms with Gasteiger partial charge in [-0.05, 0) is 43.6 Å². The molecule has 2 rings (SSSR count). The van der Waals surface area contributed by atoms with Gasteiger partial charge in [0.2, 0.25) is 0 Å². The number of esters is 1. The van der Waals surface area contributed by atoms with E-state index in [-0.39, 0.29) is 22.6 Å². The van der Waals surface area contributed by atoms with Crippen LogP contribution in [0.4, 0.5) is 0 Å². The minimum absolute atomic E-state index is 0.0305. The quantitative estimate of drug-likeness (QED) is 0.213. The zero-order valence-electron chi connectivity index (χ0n) is 20.0. The zero-order valence-corrected chi connectivity index (χ0v) is 20.8. The van der Waals surface area contributed by atoms with Crippen LogP contribution >= 0.6 is 11.6 Å². The molecular weight excluding hydrogens is 428 g/mol. The Hall–Kier alpha value is -2.40. The summed E-state index contributed by atoms with van der Waals surface area (Å²) < 4.78 is 10.9. The first kappa shape index (κ1) is 25.9. The molecule has 5 nitrogen and oxygen atoms in total. The first-order valence-electron chi connectivity index (χ1n) is 10.9. The first-order valence-corrected chi connectivity index (χ1v) is 11.3. The maximum Gasteiger partial charge on any atom is 0.308 e. The summed E-state index contributed by atoms with van der Waals surface area (Å²) in [5.74, 6) is 0.704. The Bertz CT molecular complexity index is 975. The van der Waals surface area contributed by atoms with E-state index in [4.69, 9.17) is 21.1 Å². The molecule has 0 heterocycles. The fourth-order valence-electron chi connectivity index (χ4n) is 4.27. The van der Waals surface area contributed by atoms with Crippen molar-refractivity contribution in [3.8, 4) is 11.5 Å². The number of rotatable bonds is 7. The fraction of sp³-hybridized carbons (Fsp3) is 0.500. The second kappa shape index (κ2) is 10.5. The second-order valence-corrected chi connectivity index (χ2v) is 9.26. The predicted molar refractivity (Wildman–Crippen MR) is 127 cm³/mol. The van der Waals surface area contributed by atoms with Gasteiger partial charge in [0, 0.05) is 24.8 Å². The lowest BCUT2D eigenvalue weighted by atomic mass is 9.61. The number of ether oxygens (including phenoxy) is 2. The van der Waals surface area contributed by atoms with Gasteiger partial charge < -0.3 is 9.47 Å². The molecule has 0 bridgehead atoms. The van der Waals surface area contributed by atoms with Gasteiger partial charge in [0.05, 0.1) is 17.7 Å². The van der Waals surface area contributed by atoms with Crippen molar-refractivity contribution in [2.45, 2.75) is 60.8 Å². The summed E-state index contributed by atoms with van der Waals surface area (Å²) in [6.07, 6.45) is 8.66. The number of benzene rings is 1. The number of hydrogen-bond acceptors (Lipinski definition) is 5. The van der Waals surface area contributed by atoms with Crippen LogP contribution in [0, 0.1) is 24.2 Å². The number of hydrogen-bond donors (Lipinski definition) is 0. The van der Waals surface area contributed by atoms with Crippen molar-refractivity contribution in [1.29, 1.82) is 0 Å². The minimum atomic E-state index is -0.531. The molecule has 3 atom stereocenters. The van der Waals surface area contributed by atoms with E-state index in [1.807, 2.05) is 26.0 Å². The predicted octanol–water partition coefficient (Wildman–Crippen LogP) is 6.08. The average molecular weight is 461 g/mol. The van der Waals surface area contributed by atoms with Crippen LogP contribution in [0.2, 0.25) is 5.02 Å². The van der Waals surface area contributed by atoms with E-state index in [2.05, 4.69) is 19.9 Å². The van der Waals surface area contributed by atoms with E-state index >= 15 is 0 Å². The molecule has 1 aliphatic rings. The van der Waals surface area contributed by atoms with Crippen LogP contribution < -0.4 is 9.47 Å². The maximum absolute atomic E-state index is 12.3. The second-order valence-electron chi connectivity index (χ2n) is 8.88. The average Bonchev–Trinajstić information content (AvgIpc) is 2.75. The largest absolute Gasteiger partial charge is 0.495 e. The molecule has 1 saturated carbocycles. The van der Waals surface area contributed by atoms with Crippen LogP contribution in [0.25, 0.3) is 0 Å². The Morgan fingerprint density at radius 2 is 1.91 bits per heavy atom. The van der Waals surface area contributed by atoms with Crippen LogP contribution in [0.1, 0.15) is 68.9 Å². The van der Waals surface area contributed by atoms with Gasteiger partial charge in [-0.15, -0.1) is 0 Å². The zero-order chi connectivity index (χ0) is 24.2. The molecule has 0 N–H and O–H groups in total. The van der Waals surface area contributed by atoms with E-state index in [0.29, 0.717) is 52.7 Å². The third-order valence-electron chi connectivity index (χ3n) is 6.93. The molecule has 0 aliphatic heterocycles. The lowest BCUT2D eigenvalue weighted by Gasteiger charge is -2.42. The summed E-state index contributed by atoms with van der Waals surface area (Å²) in [5.41, 5.74) is 2.04. The molecule has 0 aromatic heterocycles. The SMILES string of the molecule is COc1c(Cl)c(C)c(C=O)c(OC(C)=O)c1C/C=C(C)/C=C/[C@@]1(C)[C@H](C)CCC(=O)[C@@H]1C. The molecule has 0 radical (unpaired) electrons. The van der Waals surface area contributed by atoms with Crippen LogP contribution in [0.15, 0.2) is 23.8 Å². The Balaban J connectivity index is 2.44. The first-order chi connectivity index (χ1) is 15.0. The molecule has 0 spiro atoms. The molecule has 6 heteroatoms. The van der Waals surface area contributed by atoms with E-state index in [1.165, 1.54) is 14.0 Å². The summed E-state index contributed by atoms with van der Waals surface area (Å²) >= 11 is 6.44. The number of aldehydes is 1. The van der Waals surface area contributed by atoms with Gasteiger partial charge in [-0.3, -0.25) is 14.4 Å². The molecule has 0 unspecified atom stereocenters. The number of Topliss-reactive ketones (excluding diaryl/α,β-unsaturated/α-hetero) is 1. The molecule has 174 valence electrons. The van der Waals surface area contributed by atoms with Crippen molar-refractivity contribution in [3.63, 3.8) is 0 Å². The summed E-state index contributed by atoms with van der Waals surface area (Å²) in [4.78, 5) is 35.7. The molecule has 1 aromatic rings. The van der Waals surface area contributed by atoms with Gasteiger partial charge in [0.15, 0.2) is 6.29 Å². The molecule has 1 aromatic carbocycles. The topological polar surface area (TPSA) is 69.7 Å². The maximum atomic E-state index is 12.3. The summed E-state index contributed by atoms with van der Waals surface area (Å²) in [7, 11) is 1.49. The van der Waals surface area contributed by atoms with E-state index < -0.39 is 5.97 Å². The fourth-order valence-corrected chi connectivity index (χ4v) is 4.56. The molecular formula is C26H33ClO5. The molecule has 0 saturated heterocycles. The van der Waals surface area contributed by atoms with E-state index in [0.717, 1.165) is 12.0 Å². The molecule has 0 amide bonds. The van der Waals surface area contributed by atoms with Crippen molar-refractivity contribution in [1.82, 2.24) is 0 Å². The van der Waals surface area contributed by atoms with E-state index in [9.17, 15) is 14.4 Å². The standard InChI is InChI=1S/C26H33ClO5/c1-15(12-13-26(6)16(2)9-11-22(30)18(26)4)8-10-20-24(32-19(5)29)21(14-28)17(3)23(27)25(20)31-7/h8,12-14,16,18H,9-11H2,1-7H3/b13-12+,15-8+/t16-,18+,26+/m1/s1. The van der Waals surface area contributed by atoms with E-state index in [1.54, 1.807) is 6.92 Å². The van der Waals surface area contributed by atoms with Gasteiger partial charge in [0.25, 0.3) is 0 Å². The Morgan fingerprint density at radius 3 is 2.47 bits per heavy atom. The Morgan fingerprint density at radius 1 is 1.25 bits per heavy atom. The third-order valence-corrected chi connectivity index (χ3v) is 7.38. The molecule has 1 aliphatic carbocycles. The lowest BCUT2D eigenvalue weighted by Crippen LogP contribution is -2.40.